The molecular formula is C21H26N6O4S. The monoisotopic (exact) mass is 458 g/mol. The van der Waals surface area contributed by atoms with E-state index in [1.54, 1.807) is 13.0 Å². The van der Waals surface area contributed by atoms with E-state index in [0.717, 1.165) is 36.5 Å². The smallest absolute Gasteiger partial charge is 0.381 e. The van der Waals surface area contributed by atoms with Gasteiger partial charge >= 0.3 is 5.63 Å². The molecule has 0 aromatic carbocycles. The Morgan fingerprint density at radius 1 is 1.34 bits per heavy atom. The summed E-state index contributed by atoms with van der Waals surface area (Å²) in [6.45, 7) is 1.77. The Balaban J connectivity index is 1.55. The minimum atomic E-state index is -0.713. The molecule has 3 aliphatic rings. The van der Waals surface area contributed by atoms with Crippen LogP contribution in [0, 0.1) is 5.92 Å². The van der Waals surface area contributed by atoms with Crippen LogP contribution in [-0.4, -0.2) is 34.5 Å². The highest BCUT2D eigenvalue weighted by molar-refractivity contribution is 7.18. The minimum absolute atomic E-state index is 0.0691. The molecule has 0 atom stereocenters. The zero-order valence-electron chi connectivity index (χ0n) is 18.0. The van der Waals surface area contributed by atoms with Gasteiger partial charge in [-0.2, -0.15) is 0 Å². The number of fused-ring (bicyclic) bond motifs is 3. The minimum Gasteiger partial charge on any atom is -0.488 e. The number of aliphatic imine (C=N–C) groups is 1. The normalized spacial score (nSPS) is 22.8. The van der Waals surface area contributed by atoms with Crippen molar-refractivity contribution in [3.8, 4) is 5.75 Å². The summed E-state index contributed by atoms with van der Waals surface area (Å²) in [5.74, 6) is 0.128. The van der Waals surface area contributed by atoms with Crippen molar-refractivity contribution in [2.75, 3.05) is 17.7 Å². The van der Waals surface area contributed by atoms with E-state index in [9.17, 15) is 9.59 Å². The Bertz CT molecular complexity index is 1100. The van der Waals surface area contributed by atoms with Crippen LogP contribution in [0.2, 0.25) is 0 Å². The highest BCUT2D eigenvalue weighted by Gasteiger charge is 2.41. The number of nitrogens with two attached hydrogens (primary N) is 1. The Morgan fingerprint density at radius 2 is 2.06 bits per heavy atom. The lowest BCUT2D eigenvalue weighted by Gasteiger charge is -2.47. The van der Waals surface area contributed by atoms with Crippen molar-refractivity contribution in [2.45, 2.75) is 51.0 Å². The second-order valence-electron chi connectivity index (χ2n) is 8.19. The van der Waals surface area contributed by atoms with Crippen molar-refractivity contribution in [3.63, 3.8) is 0 Å². The van der Waals surface area contributed by atoms with E-state index in [1.807, 2.05) is 0 Å². The topological polar surface area (TPSA) is 145 Å². The summed E-state index contributed by atoms with van der Waals surface area (Å²) in [5.41, 5.74) is 5.67. The second kappa shape index (κ2) is 9.11. The third-order valence-corrected chi connectivity index (χ3v) is 6.81. The summed E-state index contributed by atoms with van der Waals surface area (Å²) in [7, 11) is 1.41. The summed E-state index contributed by atoms with van der Waals surface area (Å²) >= 11 is 1.09. The summed E-state index contributed by atoms with van der Waals surface area (Å²) in [6, 6.07) is 1.52. The first-order chi connectivity index (χ1) is 15.4. The Kier molecular flexibility index (Phi) is 6.26. The summed E-state index contributed by atoms with van der Waals surface area (Å²) in [6.07, 6.45) is 9.63. The van der Waals surface area contributed by atoms with Crippen LogP contribution in [0.4, 0.5) is 16.0 Å². The fourth-order valence-electron chi connectivity index (χ4n) is 4.40. The summed E-state index contributed by atoms with van der Waals surface area (Å²) < 4.78 is 10.5. The molecule has 32 heavy (non-hydrogen) atoms. The summed E-state index contributed by atoms with van der Waals surface area (Å²) in [4.78, 5) is 29.5. The molecule has 2 aromatic heterocycles. The molecule has 3 fully saturated rings. The van der Waals surface area contributed by atoms with Crippen molar-refractivity contribution >= 4 is 38.9 Å². The SMILES string of the molecule is COc1c(NC23CCC(CC2)CC3)cc(C(=O)Nc2nnc(/N=C(C)/C=C\N)s2)oc1=O. The van der Waals surface area contributed by atoms with Crippen molar-refractivity contribution < 1.29 is 13.9 Å². The molecule has 5 rings (SSSR count). The number of ether oxygens (including phenoxy) is 1. The van der Waals surface area contributed by atoms with Crippen molar-refractivity contribution in [1.82, 2.24) is 10.2 Å². The van der Waals surface area contributed by atoms with E-state index in [-0.39, 0.29) is 22.2 Å². The maximum absolute atomic E-state index is 12.8. The molecule has 1 amide bonds. The van der Waals surface area contributed by atoms with Gasteiger partial charge in [0.25, 0.3) is 5.91 Å². The average molecular weight is 459 g/mol. The molecule has 2 heterocycles. The highest BCUT2D eigenvalue weighted by Crippen LogP contribution is 2.46. The van der Waals surface area contributed by atoms with Crippen LogP contribution in [0.25, 0.3) is 0 Å². The van der Waals surface area contributed by atoms with Gasteiger partial charge in [-0.15, -0.1) is 10.2 Å². The molecular weight excluding hydrogens is 432 g/mol. The highest BCUT2D eigenvalue weighted by atomic mass is 32.1. The molecule has 3 aliphatic carbocycles. The molecule has 3 saturated carbocycles. The maximum atomic E-state index is 12.8. The zero-order chi connectivity index (χ0) is 22.7. The van der Waals surface area contributed by atoms with Crippen LogP contribution in [-0.2, 0) is 0 Å². The standard InChI is InChI=1S/C21H26N6O4S/c1-12(6-10-22)23-19-26-27-20(32-19)24-17(28)15-11-14(16(30-2)18(29)31-15)25-21-7-3-13(4-8-21)5-9-21/h6,10-11,13,25H,3-5,7-9,22H2,1-2H3,(H,24,27,28)/b10-6-,23-12+. The molecule has 0 spiro atoms. The molecule has 0 unspecified atom stereocenters. The van der Waals surface area contributed by atoms with Crippen LogP contribution in [0.15, 0.2) is 32.5 Å². The van der Waals surface area contributed by atoms with Crippen molar-refractivity contribution in [2.24, 2.45) is 16.6 Å². The van der Waals surface area contributed by atoms with Crippen LogP contribution in [0.1, 0.15) is 56.0 Å². The number of allylic oxidation sites excluding steroid dienone is 1. The van der Waals surface area contributed by atoms with E-state index in [2.05, 4.69) is 25.8 Å². The number of aromatic nitrogens is 2. The average Bonchev–Trinajstić information content (AvgIpc) is 3.21. The largest absolute Gasteiger partial charge is 0.488 e. The quantitative estimate of drug-likeness (QED) is 0.535. The number of carbonyl (C=O) groups is 1. The Morgan fingerprint density at radius 3 is 2.72 bits per heavy atom. The van der Waals surface area contributed by atoms with E-state index >= 15 is 0 Å². The molecule has 0 radical (unpaired) electrons. The van der Waals surface area contributed by atoms with Crippen LogP contribution in [0.5, 0.6) is 5.75 Å². The van der Waals surface area contributed by atoms with Crippen LogP contribution >= 0.6 is 11.3 Å². The number of amides is 1. The second-order valence-corrected chi connectivity index (χ2v) is 9.14. The number of rotatable bonds is 7. The number of hydrogen-bond acceptors (Lipinski definition) is 10. The number of nitrogens with one attached hydrogen (secondary N) is 2. The number of carbonyl (C=O) groups excluding carboxylic acids is 1. The van der Waals surface area contributed by atoms with Crippen LogP contribution in [0.3, 0.4) is 0 Å². The lowest BCUT2D eigenvalue weighted by Crippen LogP contribution is -2.46. The first-order valence-corrected chi connectivity index (χ1v) is 11.3. The van der Waals surface area contributed by atoms with E-state index in [0.29, 0.717) is 16.5 Å². The van der Waals surface area contributed by atoms with Crippen molar-refractivity contribution in [1.29, 1.82) is 0 Å². The van der Waals surface area contributed by atoms with Gasteiger partial charge in [-0.25, -0.2) is 9.79 Å². The molecule has 2 bridgehead atoms. The first-order valence-electron chi connectivity index (χ1n) is 10.5. The van der Waals surface area contributed by atoms with Gasteiger partial charge in [-0.3, -0.25) is 10.1 Å². The third kappa shape index (κ3) is 4.67. The molecule has 2 aromatic rings. The van der Waals surface area contributed by atoms with Gasteiger partial charge in [0, 0.05) is 17.3 Å². The first kappa shape index (κ1) is 22.0. The number of nitrogens with zero attached hydrogens (tertiary/aromatic N) is 3. The third-order valence-electron chi connectivity index (χ3n) is 6.07. The lowest BCUT2D eigenvalue weighted by molar-refractivity contribution is 0.0991. The molecule has 0 aliphatic heterocycles. The molecule has 10 nitrogen and oxygen atoms in total. The van der Waals surface area contributed by atoms with Crippen molar-refractivity contribution in [3.05, 3.63) is 34.5 Å². The molecule has 170 valence electrons. The van der Waals surface area contributed by atoms with E-state index < -0.39 is 11.5 Å². The fraction of sp³-hybridized carbons (Fsp3) is 0.476. The molecule has 0 saturated heterocycles. The Labute approximate surface area is 189 Å². The number of methoxy groups -OCH3 is 1. The van der Waals surface area contributed by atoms with Gasteiger partial charge in [-0.1, -0.05) is 11.3 Å². The molecule has 4 N–H and O–H groups in total. The van der Waals surface area contributed by atoms with Gasteiger partial charge in [-0.05, 0) is 63.6 Å². The number of anilines is 2. The summed E-state index contributed by atoms with van der Waals surface area (Å²) in [5, 5.41) is 14.5. The van der Waals surface area contributed by atoms with Gasteiger partial charge in [0.05, 0.1) is 12.8 Å². The molecule has 11 heteroatoms. The number of hydrogen-bond donors (Lipinski definition) is 3. The van der Waals surface area contributed by atoms with Gasteiger partial charge in [0.15, 0.2) is 5.76 Å². The van der Waals surface area contributed by atoms with Gasteiger partial charge < -0.3 is 20.2 Å². The lowest BCUT2D eigenvalue weighted by atomic mass is 9.66. The predicted molar refractivity (Wildman–Crippen MR) is 123 cm³/mol. The van der Waals surface area contributed by atoms with Gasteiger partial charge in [0.1, 0.15) is 0 Å². The van der Waals surface area contributed by atoms with Crippen LogP contribution < -0.4 is 26.7 Å². The fourth-order valence-corrected chi connectivity index (χ4v) is 5.07. The van der Waals surface area contributed by atoms with E-state index in [1.165, 1.54) is 38.6 Å². The predicted octanol–water partition coefficient (Wildman–Crippen LogP) is 3.45. The Hall–Kier alpha value is -3.21. The zero-order valence-corrected chi connectivity index (χ0v) is 18.8. The maximum Gasteiger partial charge on any atom is 0.381 e. The van der Waals surface area contributed by atoms with E-state index in [4.69, 9.17) is 14.9 Å². The van der Waals surface area contributed by atoms with Gasteiger partial charge in [0.2, 0.25) is 16.0 Å².